The van der Waals surface area contributed by atoms with Gasteiger partial charge in [-0.25, -0.2) is 9.89 Å². The lowest BCUT2D eigenvalue weighted by Gasteiger charge is -2.34. The van der Waals surface area contributed by atoms with Crippen molar-refractivity contribution in [2.45, 2.75) is 19.4 Å². The predicted octanol–water partition coefficient (Wildman–Crippen LogP) is -0.265. The van der Waals surface area contributed by atoms with Crippen molar-refractivity contribution >= 4 is 5.91 Å². The van der Waals surface area contributed by atoms with E-state index in [1.165, 1.54) is 5.56 Å². The highest BCUT2D eigenvalue weighted by Gasteiger charge is 2.21. The van der Waals surface area contributed by atoms with Crippen LogP contribution in [0.3, 0.4) is 0 Å². The summed E-state index contributed by atoms with van der Waals surface area (Å²) in [6.07, 6.45) is 0.427. The summed E-state index contributed by atoms with van der Waals surface area (Å²) >= 11 is 0. The van der Waals surface area contributed by atoms with Gasteiger partial charge in [-0.1, -0.05) is 30.3 Å². The third kappa shape index (κ3) is 4.63. The third-order valence-corrected chi connectivity index (χ3v) is 4.33. The molecule has 2 N–H and O–H groups in total. The molecule has 0 saturated carbocycles. The number of carbonyl (C=O) groups is 1. The van der Waals surface area contributed by atoms with Crippen LogP contribution in [0.5, 0.6) is 0 Å². The molecule has 1 saturated heterocycles. The van der Waals surface area contributed by atoms with Gasteiger partial charge in [-0.05, 0) is 5.56 Å². The molecule has 1 aromatic heterocycles. The van der Waals surface area contributed by atoms with E-state index in [0.717, 1.165) is 19.6 Å². The first-order chi connectivity index (χ1) is 12.1. The van der Waals surface area contributed by atoms with Crippen LogP contribution in [0.25, 0.3) is 0 Å². The second kappa shape index (κ2) is 7.89. The molecule has 25 heavy (non-hydrogen) atoms. The molecule has 8 nitrogen and oxygen atoms in total. The summed E-state index contributed by atoms with van der Waals surface area (Å²) in [4.78, 5) is 41.1. The van der Waals surface area contributed by atoms with Gasteiger partial charge in [0.2, 0.25) is 5.91 Å². The SMILES string of the molecule is O=C(CCc1n[nH]c(=O)[nH]c1=O)N1CCN(Cc2ccccc2)CC1. The van der Waals surface area contributed by atoms with Crippen molar-refractivity contribution in [1.82, 2.24) is 25.0 Å². The fourth-order valence-corrected chi connectivity index (χ4v) is 2.92. The highest BCUT2D eigenvalue weighted by molar-refractivity contribution is 5.76. The molecule has 2 aromatic rings. The second-order valence-electron chi connectivity index (χ2n) is 6.10. The summed E-state index contributed by atoms with van der Waals surface area (Å²) in [7, 11) is 0. The van der Waals surface area contributed by atoms with Crippen molar-refractivity contribution in [2.24, 2.45) is 0 Å². The van der Waals surface area contributed by atoms with Crippen molar-refractivity contribution in [2.75, 3.05) is 26.2 Å². The van der Waals surface area contributed by atoms with E-state index in [1.54, 1.807) is 0 Å². The summed E-state index contributed by atoms with van der Waals surface area (Å²) in [5.41, 5.74) is 0.264. The van der Waals surface area contributed by atoms with Gasteiger partial charge in [-0.15, -0.1) is 0 Å². The van der Waals surface area contributed by atoms with Crippen LogP contribution in [0.15, 0.2) is 39.9 Å². The van der Waals surface area contributed by atoms with Gasteiger partial charge in [0.05, 0.1) is 0 Å². The van der Waals surface area contributed by atoms with Gasteiger partial charge in [0.15, 0.2) is 0 Å². The highest BCUT2D eigenvalue weighted by atomic mass is 16.2. The molecule has 0 bridgehead atoms. The van der Waals surface area contributed by atoms with Gasteiger partial charge in [-0.3, -0.25) is 19.5 Å². The molecule has 0 unspecified atom stereocenters. The van der Waals surface area contributed by atoms with E-state index in [-0.39, 0.29) is 24.4 Å². The summed E-state index contributed by atoms with van der Waals surface area (Å²) in [6.45, 7) is 3.91. The standard InChI is InChI=1S/C17H21N5O3/c23-15(7-6-14-16(24)18-17(25)20-19-14)22-10-8-21(9-11-22)12-13-4-2-1-3-5-13/h1-5H,6-12H2,(H2,18,20,24,25). The Morgan fingerprint density at radius 3 is 2.48 bits per heavy atom. The molecular weight excluding hydrogens is 322 g/mol. The molecule has 2 heterocycles. The number of aromatic amines is 2. The van der Waals surface area contributed by atoms with Crippen LogP contribution >= 0.6 is 0 Å². The van der Waals surface area contributed by atoms with E-state index in [1.807, 2.05) is 23.1 Å². The topological polar surface area (TPSA) is 102 Å². The number of carbonyl (C=O) groups excluding carboxylic acids is 1. The van der Waals surface area contributed by atoms with E-state index >= 15 is 0 Å². The summed E-state index contributed by atoms with van der Waals surface area (Å²) in [6, 6.07) is 10.3. The van der Waals surface area contributed by atoms with Crippen LogP contribution < -0.4 is 11.2 Å². The molecule has 0 atom stereocenters. The van der Waals surface area contributed by atoms with E-state index in [0.29, 0.717) is 13.1 Å². The number of piperazine rings is 1. The minimum absolute atomic E-state index is 0.00626. The maximum atomic E-state index is 12.3. The zero-order valence-electron chi connectivity index (χ0n) is 13.9. The Morgan fingerprint density at radius 2 is 1.80 bits per heavy atom. The van der Waals surface area contributed by atoms with Gasteiger partial charge in [0.25, 0.3) is 5.56 Å². The van der Waals surface area contributed by atoms with Gasteiger partial charge in [0.1, 0.15) is 5.69 Å². The number of rotatable bonds is 5. The molecule has 3 rings (SSSR count). The Kier molecular flexibility index (Phi) is 5.39. The minimum atomic E-state index is -0.644. The van der Waals surface area contributed by atoms with Crippen LogP contribution in [0, 0.1) is 0 Å². The number of benzene rings is 1. The monoisotopic (exact) mass is 343 g/mol. The predicted molar refractivity (Wildman–Crippen MR) is 92.1 cm³/mol. The lowest BCUT2D eigenvalue weighted by Crippen LogP contribution is -2.48. The van der Waals surface area contributed by atoms with Gasteiger partial charge in [-0.2, -0.15) is 5.10 Å². The number of nitrogens with one attached hydrogen (secondary N) is 2. The van der Waals surface area contributed by atoms with Gasteiger partial charge >= 0.3 is 5.69 Å². The fraction of sp³-hybridized carbons (Fsp3) is 0.412. The van der Waals surface area contributed by atoms with Crippen LogP contribution in [0.4, 0.5) is 0 Å². The number of aromatic nitrogens is 3. The Balaban J connectivity index is 1.46. The average molecular weight is 343 g/mol. The average Bonchev–Trinajstić information content (AvgIpc) is 2.62. The highest BCUT2D eigenvalue weighted by Crippen LogP contribution is 2.09. The maximum Gasteiger partial charge on any atom is 0.342 e. The van der Waals surface area contributed by atoms with E-state index in [4.69, 9.17) is 0 Å². The van der Waals surface area contributed by atoms with Crippen molar-refractivity contribution in [1.29, 1.82) is 0 Å². The van der Waals surface area contributed by atoms with Gasteiger partial charge in [0, 0.05) is 45.6 Å². The Labute approximate surface area is 144 Å². The van der Waals surface area contributed by atoms with E-state index < -0.39 is 11.2 Å². The quantitative estimate of drug-likeness (QED) is 0.778. The molecule has 0 aliphatic carbocycles. The number of H-pyrrole nitrogens is 2. The van der Waals surface area contributed by atoms with Crippen molar-refractivity contribution in [3.05, 3.63) is 62.4 Å². The first-order valence-corrected chi connectivity index (χ1v) is 8.34. The Bertz CT molecular complexity index is 822. The number of nitrogens with zero attached hydrogens (tertiary/aromatic N) is 3. The van der Waals surface area contributed by atoms with Crippen molar-refractivity contribution < 1.29 is 4.79 Å². The lowest BCUT2D eigenvalue weighted by molar-refractivity contribution is -0.133. The molecule has 1 aliphatic heterocycles. The molecule has 1 aliphatic rings. The van der Waals surface area contributed by atoms with Crippen LogP contribution in [0.2, 0.25) is 0 Å². The number of amides is 1. The maximum absolute atomic E-state index is 12.3. The number of hydrogen-bond donors (Lipinski definition) is 2. The van der Waals surface area contributed by atoms with E-state index in [2.05, 4.69) is 32.2 Å². The molecule has 0 radical (unpaired) electrons. The number of hydrogen-bond acceptors (Lipinski definition) is 5. The largest absolute Gasteiger partial charge is 0.342 e. The molecule has 0 spiro atoms. The molecular formula is C17H21N5O3. The second-order valence-corrected chi connectivity index (χ2v) is 6.10. The molecule has 1 amide bonds. The van der Waals surface area contributed by atoms with Crippen molar-refractivity contribution in [3.8, 4) is 0 Å². The smallest absolute Gasteiger partial charge is 0.340 e. The first-order valence-electron chi connectivity index (χ1n) is 8.34. The summed E-state index contributed by atoms with van der Waals surface area (Å²) in [5.74, 6) is 0.00626. The van der Waals surface area contributed by atoms with Gasteiger partial charge < -0.3 is 4.90 Å². The zero-order valence-corrected chi connectivity index (χ0v) is 13.9. The summed E-state index contributed by atoms with van der Waals surface area (Å²) in [5, 5.41) is 5.87. The van der Waals surface area contributed by atoms with Crippen LogP contribution in [-0.4, -0.2) is 57.1 Å². The van der Waals surface area contributed by atoms with E-state index in [9.17, 15) is 14.4 Å². The third-order valence-electron chi connectivity index (χ3n) is 4.33. The lowest BCUT2D eigenvalue weighted by atomic mass is 10.2. The van der Waals surface area contributed by atoms with Crippen LogP contribution in [0.1, 0.15) is 17.7 Å². The first kappa shape index (κ1) is 17.1. The normalized spacial score (nSPS) is 15.3. The molecule has 8 heteroatoms. The minimum Gasteiger partial charge on any atom is -0.340 e. The summed E-state index contributed by atoms with van der Waals surface area (Å²) < 4.78 is 0. The Morgan fingerprint density at radius 1 is 1.08 bits per heavy atom. The molecule has 1 fully saturated rings. The molecule has 1 aromatic carbocycles. The number of aryl methyl sites for hydroxylation is 1. The van der Waals surface area contributed by atoms with Crippen LogP contribution in [-0.2, 0) is 17.8 Å². The van der Waals surface area contributed by atoms with Crippen molar-refractivity contribution in [3.63, 3.8) is 0 Å². The Hall–Kier alpha value is -2.74. The zero-order chi connectivity index (χ0) is 17.6. The fourth-order valence-electron chi connectivity index (χ4n) is 2.92. The molecule has 132 valence electrons.